The number of hydrogen-bond acceptors (Lipinski definition) is 3. The summed E-state index contributed by atoms with van der Waals surface area (Å²) in [6.07, 6.45) is 5.56. The maximum absolute atomic E-state index is 11.9. The van der Waals surface area contributed by atoms with E-state index in [0.717, 1.165) is 16.5 Å². The van der Waals surface area contributed by atoms with Crippen LogP contribution in [0, 0.1) is 0 Å². The lowest BCUT2D eigenvalue weighted by atomic mass is 10.2. The van der Waals surface area contributed by atoms with Crippen molar-refractivity contribution in [1.82, 2.24) is 4.57 Å². The highest BCUT2D eigenvalue weighted by molar-refractivity contribution is 6.30. The minimum Gasteiger partial charge on any atom is -0.465 e. The molecule has 0 aliphatic heterocycles. The summed E-state index contributed by atoms with van der Waals surface area (Å²) in [5.74, 6) is -0.345. The lowest BCUT2D eigenvalue weighted by molar-refractivity contribution is 0.0603. The van der Waals surface area contributed by atoms with Crippen molar-refractivity contribution in [2.75, 3.05) is 13.7 Å². The van der Waals surface area contributed by atoms with Crippen LogP contribution in [-0.4, -0.2) is 24.3 Å². The molecule has 0 aliphatic rings. The molecule has 2 aromatic carbocycles. The summed E-state index contributed by atoms with van der Waals surface area (Å²) in [6.45, 7) is 0.976. The zero-order valence-corrected chi connectivity index (χ0v) is 14.6. The Morgan fingerprint density at radius 3 is 2.68 bits per heavy atom. The van der Waals surface area contributed by atoms with E-state index in [1.54, 1.807) is 6.20 Å². The molecular weight excluding hydrogens is 338 g/mol. The summed E-state index contributed by atoms with van der Waals surface area (Å²) < 4.78 is 12.4. The van der Waals surface area contributed by atoms with Gasteiger partial charge in [0.15, 0.2) is 0 Å². The first kappa shape index (κ1) is 17.3. The number of para-hydroxylation sites is 1. The number of esters is 1. The molecule has 1 heterocycles. The maximum atomic E-state index is 11.9. The predicted molar refractivity (Wildman–Crippen MR) is 99.7 cm³/mol. The average Bonchev–Trinajstić information content (AvgIpc) is 3.01. The molecule has 0 atom stereocenters. The summed E-state index contributed by atoms with van der Waals surface area (Å²) in [7, 11) is 1.38. The molecule has 0 saturated heterocycles. The van der Waals surface area contributed by atoms with Crippen molar-refractivity contribution >= 4 is 34.7 Å². The standard InChI is InChI=1S/C20H18ClNO3/c1-24-20(23)18-13-22(19-6-3-2-5-17(18)19)11-4-12-25-14-15-7-9-16(21)10-8-15/h2-11,13H,12,14H2,1H3/b11-4-. The first-order valence-electron chi connectivity index (χ1n) is 7.86. The first-order chi connectivity index (χ1) is 12.2. The summed E-state index contributed by atoms with van der Waals surface area (Å²) >= 11 is 5.86. The van der Waals surface area contributed by atoms with Gasteiger partial charge in [0.1, 0.15) is 0 Å². The highest BCUT2D eigenvalue weighted by Gasteiger charge is 2.13. The van der Waals surface area contributed by atoms with Crippen molar-refractivity contribution in [2.45, 2.75) is 6.61 Å². The van der Waals surface area contributed by atoms with Crippen LogP contribution in [0.25, 0.3) is 17.1 Å². The Morgan fingerprint density at radius 1 is 1.16 bits per heavy atom. The van der Waals surface area contributed by atoms with Crippen molar-refractivity contribution in [3.05, 3.63) is 77.0 Å². The second-order valence-corrected chi connectivity index (χ2v) is 5.92. The van der Waals surface area contributed by atoms with Gasteiger partial charge in [-0.3, -0.25) is 0 Å². The Morgan fingerprint density at radius 2 is 1.92 bits per heavy atom. The molecule has 0 unspecified atom stereocenters. The lowest BCUT2D eigenvalue weighted by Gasteiger charge is -2.02. The lowest BCUT2D eigenvalue weighted by Crippen LogP contribution is -1.99. The zero-order chi connectivity index (χ0) is 17.6. The molecule has 0 N–H and O–H groups in total. The van der Waals surface area contributed by atoms with Crippen LogP contribution in [0.15, 0.2) is 60.8 Å². The quantitative estimate of drug-likeness (QED) is 0.472. The zero-order valence-electron chi connectivity index (χ0n) is 13.8. The fourth-order valence-electron chi connectivity index (χ4n) is 2.58. The molecule has 3 aromatic rings. The molecule has 4 nitrogen and oxygen atoms in total. The van der Waals surface area contributed by atoms with E-state index in [0.29, 0.717) is 23.8 Å². The number of rotatable bonds is 6. The van der Waals surface area contributed by atoms with E-state index >= 15 is 0 Å². The molecule has 0 aliphatic carbocycles. The van der Waals surface area contributed by atoms with E-state index < -0.39 is 0 Å². The number of methoxy groups -OCH3 is 1. The Labute approximate surface area is 151 Å². The van der Waals surface area contributed by atoms with Crippen LogP contribution in [0.4, 0.5) is 0 Å². The van der Waals surface area contributed by atoms with Crippen LogP contribution in [0.3, 0.4) is 0 Å². The number of hydrogen-bond donors (Lipinski definition) is 0. The largest absolute Gasteiger partial charge is 0.465 e. The van der Waals surface area contributed by atoms with Crippen LogP contribution in [0.2, 0.25) is 5.02 Å². The summed E-state index contributed by atoms with van der Waals surface area (Å²) in [6, 6.07) is 15.3. The highest BCUT2D eigenvalue weighted by Crippen LogP contribution is 2.22. The van der Waals surface area contributed by atoms with Crippen molar-refractivity contribution < 1.29 is 14.3 Å². The molecule has 3 rings (SSSR count). The third-order valence-electron chi connectivity index (χ3n) is 3.81. The Hall–Kier alpha value is -2.56. The van der Waals surface area contributed by atoms with Gasteiger partial charge in [-0.1, -0.05) is 41.9 Å². The van der Waals surface area contributed by atoms with Gasteiger partial charge in [-0.05, 0) is 29.8 Å². The topological polar surface area (TPSA) is 40.5 Å². The predicted octanol–water partition coefficient (Wildman–Crippen LogP) is 4.77. The van der Waals surface area contributed by atoms with Crippen LogP contribution in [0.5, 0.6) is 0 Å². The molecule has 25 heavy (non-hydrogen) atoms. The van der Waals surface area contributed by atoms with E-state index in [9.17, 15) is 4.79 Å². The van der Waals surface area contributed by atoms with Gasteiger partial charge in [0.25, 0.3) is 0 Å². The van der Waals surface area contributed by atoms with Crippen LogP contribution >= 0.6 is 11.6 Å². The van der Waals surface area contributed by atoms with E-state index in [-0.39, 0.29) is 5.97 Å². The monoisotopic (exact) mass is 355 g/mol. The number of aromatic nitrogens is 1. The molecule has 0 bridgehead atoms. The fourth-order valence-corrected chi connectivity index (χ4v) is 2.71. The van der Waals surface area contributed by atoms with Gasteiger partial charge in [-0.15, -0.1) is 0 Å². The Bertz CT molecular complexity index is 897. The van der Waals surface area contributed by atoms with E-state index in [4.69, 9.17) is 21.1 Å². The third-order valence-corrected chi connectivity index (χ3v) is 4.06. The van der Waals surface area contributed by atoms with Gasteiger partial charge in [0.2, 0.25) is 0 Å². The molecule has 5 heteroatoms. The summed E-state index contributed by atoms with van der Waals surface area (Å²) in [5, 5.41) is 1.57. The van der Waals surface area contributed by atoms with Gasteiger partial charge in [-0.2, -0.15) is 0 Å². The first-order valence-corrected chi connectivity index (χ1v) is 8.23. The molecule has 0 radical (unpaired) electrons. The van der Waals surface area contributed by atoms with Crippen LogP contribution < -0.4 is 0 Å². The number of benzene rings is 2. The summed E-state index contributed by atoms with van der Waals surface area (Å²) in [5.41, 5.74) is 2.55. The SMILES string of the molecule is COC(=O)c1cn(/C=C\COCc2ccc(Cl)cc2)c2ccccc12. The third kappa shape index (κ3) is 4.10. The van der Waals surface area contributed by atoms with Crippen molar-refractivity contribution in [1.29, 1.82) is 0 Å². The summed E-state index contributed by atoms with van der Waals surface area (Å²) in [4.78, 5) is 11.9. The number of ether oxygens (including phenoxy) is 2. The normalized spacial score (nSPS) is 11.3. The van der Waals surface area contributed by atoms with Crippen LogP contribution in [0.1, 0.15) is 15.9 Å². The highest BCUT2D eigenvalue weighted by atomic mass is 35.5. The molecule has 0 fully saturated rings. The number of halogens is 1. The molecule has 128 valence electrons. The molecule has 0 amide bonds. The fraction of sp³-hybridized carbons (Fsp3) is 0.150. The van der Waals surface area contributed by atoms with Gasteiger partial charge >= 0.3 is 5.97 Å². The van der Waals surface area contributed by atoms with E-state index in [2.05, 4.69) is 0 Å². The van der Waals surface area contributed by atoms with Gasteiger partial charge in [0.05, 0.1) is 31.4 Å². The molecule has 1 aromatic heterocycles. The minimum atomic E-state index is -0.345. The number of carbonyl (C=O) groups is 1. The molecule has 0 saturated carbocycles. The Kier molecular flexibility index (Phi) is 5.53. The minimum absolute atomic E-state index is 0.345. The molecule has 0 spiro atoms. The van der Waals surface area contributed by atoms with Crippen molar-refractivity contribution in [3.63, 3.8) is 0 Å². The van der Waals surface area contributed by atoms with Gasteiger partial charge in [0, 0.05) is 22.8 Å². The number of carbonyl (C=O) groups excluding carboxylic acids is 1. The second-order valence-electron chi connectivity index (χ2n) is 5.49. The Balaban J connectivity index is 1.67. The van der Waals surface area contributed by atoms with Crippen molar-refractivity contribution in [3.8, 4) is 0 Å². The van der Waals surface area contributed by atoms with E-state index in [1.165, 1.54) is 7.11 Å². The second kappa shape index (κ2) is 8.01. The maximum Gasteiger partial charge on any atom is 0.340 e. The van der Waals surface area contributed by atoms with Crippen molar-refractivity contribution in [2.24, 2.45) is 0 Å². The average molecular weight is 356 g/mol. The smallest absolute Gasteiger partial charge is 0.340 e. The molecular formula is C20H18ClNO3. The number of nitrogens with zero attached hydrogens (tertiary/aromatic N) is 1. The van der Waals surface area contributed by atoms with Gasteiger partial charge < -0.3 is 14.0 Å². The van der Waals surface area contributed by atoms with Crippen LogP contribution in [-0.2, 0) is 16.1 Å². The van der Waals surface area contributed by atoms with Gasteiger partial charge in [-0.25, -0.2) is 4.79 Å². The van der Waals surface area contributed by atoms with E-state index in [1.807, 2.05) is 65.4 Å². The number of fused-ring (bicyclic) bond motifs is 1.